The Morgan fingerprint density at radius 2 is 1.85 bits per heavy atom. The normalized spacial score (nSPS) is 11.7. The van der Waals surface area contributed by atoms with Crippen LogP contribution in [0.3, 0.4) is 0 Å². The molecule has 134 valence electrons. The summed E-state index contributed by atoms with van der Waals surface area (Å²) in [6.07, 6.45) is 6.08. The van der Waals surface area contributed by atoms with Gasteiger partial charge in [-0.25, -0.2) is 4.68 Å². The van der Waals surface area contributed by atoms with Gasteiger partial charge in [-0.2, -0.15) is 0 Å². The van der Waals surface area contributed by atoms with Crippen LogP contribution in [-0.4, -0.2) is 54.1 Å². The number of aromatic nitrogens is 4. The molecule has 3 aromatic rings. The van der Waals surface area contributed by atoms with Crippen molar-refractivity contribution in [1.82, 2.24) is 24.8 Å². The zero-order valence-electron chi connectivity index (χ0n) is 13.5. The quantitative estimate of drug-likeness (QED) is 0.476. The van der Waals surface area contributed by atoms with Gasteiger partial charge < -0.3 is 20.1 Å². The van der Waals surface area contributed by atoms with E-state index >= 15 is 0 Å². The van der Waals surface area contributed by atoms with Crippen LogP contribution in [0.5, 0.6) is 5.75 Å². The van der Waals surface area contributed by atoms with E-state index in [2.05, 4.69) is 20.9 Å². The second kappa shape index (κ2) is 7.49. The standard InChI is InChI=1S/C16H16N6O4/c23-8-13(16(26)20-22-9-17-18-10-22)19-15(25)12-7-11(3-4-14(12)24)21-5-1-2-6-21/h1-7,9-10,13,23-24H,8H2,(H,19,25)(H,20,26). The third kappa shape index (κ3) is 3.70. The molecule has 10 heteroatoms. The smallest absolute Gasteiger partial charge is 0.263 e. The van der Waals surface area contributed by atoms with Crippen LogP contribution in [-0.2, 0) is 4.79 Å². The van der Waals surface area contributed by atoms with E-state index in [9.17, 15) is 19.8 Å². The highest BCUT2D eigenvalue weighted by Gasteiger charge is 2.22. The van der Waals surface area contributed by atoms with E-state index in [1.165, 1.54) is 29.5 Å². The molecule has 1 aromatic carbocycles. The van der Waals surface area contributed by atoms with Crippen LogP contribution < -0.4 is 10.7 Å². The van der Waals surface area contributed by atoms with Crippen molar-refractivity contribution in [1.29, 1.82) is 0 Å². The van der Waals surface area contributed by atoms with Crippen molar-refractivity contribution in [3.63, 3.8) is 0 Å². The zero-order chi connectivity index (χ0) is 18.5. The van der Waals surface area contributed by atoms with Crippen molar-refractivity contribution in [3.8, 4) is 11.4 Å². The molecule has 10 nitrogen and oxygen atoms in total. The highest BCUT2D eigenvalue weighted by atomic mass is 16.3. The molecule has 0 bridgehead atoms. The largest absolute Gasteiger partial charge is 0.507 e. The maximum Gasteiger partial charge on any atom is 0.263 e. The van der Waals surface area contributed by atoms with Crippen LogP contribution in [0.2, 0.25) is 0 Å². The van der Waals surface area contributed by atoms with Crippen LogP contribution in [0.25, 0.3) is 5.69 Å². The van der Waals surface area contributed by atoms with Gasteiger partial charge in [-0.15, -0.1) is 10.2 Å². The number of carbonyl (C=O) groups is 2. The Labute approximate surface area is 147 Å². The Morgan fingerprint density at radius 1 is 1.15 bits per heavy atom. The average Bonchev–Trinajstić information content (AvgIpc) is 3.33. The molecular formula is C16H16N6O4. The first-order chi connectivity index (χ1) is 12.6. The van der Waals surface area contributed by atoms with Gasteiger partial charge in [-0.05, 0) is 30.3 Å². The van der Waals surface area contributed by atoms with E-state index in [0.717, 1.165) is 0 Å². The van der Waals surface area contributed by atoms with Crippen LogP contribution in [0.1, 0.15) is 10.4 Å². The molecule has 3 rings (SSSR count). The summed E-state index contributed by atoms with van der Waals surface area (Å²) in [4.78, 5) is 24.6. The predicted molar refractivity (Wildman–Crippen MR) is 90.2 cm³/mol. The second-order valence-corrected chi connectivity index (χ2v) is 5.35. The summed E-state index contributed by atoms with van der Waals surface area (Å²) < 4.78 is 2.94. The number of nitrogens with one attached hydrogen (secondary N) is 2. The van der Waals surface area contributed by atoms with Gasteiger partial charge in [0.15, 0.2) is 0 Å². The van der Waals surface area contributed by atoms with Crippen molar-refractivity contribution in [2.45, 2.75) is 6.04 Å². The molecule has 0 saturated carbocycles. The van der Waals surface area contributed by atoms with E-state index in [1.54, 1.807) is 23.0 Å². The van der Waals surface area contributed by atoms with Gasteiger partial charge in [-0.3, -0.25) is 15.0 Å². The zero-order valence-corrected chi connectivity index (χ0v) is 13.5. The van der Waals surface area contributed by atoms with Crippen molar-refractivity contribution in [2.24, 2.45) is 0 Å². The first-order valence-electron chi connectivity index (χ1n) is 7.62. The second-order valence-electron chi connectivity index (χ2n) is 5.35. The Bertz CT molecular complexity index is 892. The number of carbonyl (C=O) groups excluding carboxylic acids is 2. The van der Waals surface area contributed by atoms with E-state index in [0.29, 0.717) is 5.69 Å². The van der Waals surface area contributed by atoms with Crippen molar-refractivity contribution < 1.29 is 19.8 Å². The lowest BCUT2D eigenvalue weighted by Crippen LogP contribution is -2.47. The van der Waals surface area contributed by atoms with Gasteiger partial charge >= 0.3 is 0 Å². The average molecular weight is 356 g/mol. The molecule has 2 amide bonds. The highest BCUT2D eigenvalue weighted by molar-refractivity contribution is 6.01. The van der Waals surface area contributed by atoms with Crippen LogP contribution in [0, 0.1) is 0 Å². The Morgan fingerprint density at radius 3 is 2.50 bits per heavy atom. The number of aromatic hydroxyl groups is 1. The molecule has 0 aliphatic rings. The third-order valence-corrected chi connectivity index (χ3v) is 3.59. The van der Waals surface area contributed by atoms with Crippen molar-refractivity contribution in [3.05, 3.63) is 60.9 Å². The number of hydrogen-bond acceptors (Lipinski definition) is 6. The summed E-state index contributed by atoms with van der Waals surface area (Å²) in [6.45, 7) is -0.627. The number of phenols is 1. The fraction of sp³-hybridized carbons (Fsp3) is 0.125. The lowest BCUT2D eigenvalue weighted by atomic mass is 10.1. The fourth-order valence-electron chi connectivity index (χ4n) is 2.27. The highest BCUT2D eigenvalue weighted by Crippen LogP contribution is 2.21. The molecule has 4 N–H and O–H groups in total. The molecule has 2 heterocycles. The summed E-state index contributed by atoms with van der Waals surface area (Å²) in [7, 11) is 0. The number of aliphatic hydroxyl groups is 1. The Hall–Kier alpha value is -3.66. The van der Waals surface area contributed by atoms with Gasteiger partial charge in [0.1, 0.15) is 24.4 Å². The maximum atomic E-state index is 12.5. The van der Waals surface area contributed by atoms with Gasteiger partial charge in [0, 0.05) is 18.1 Å². The molecule has 0 saturated heterocycles. The van der Waals surface area contributed by atoms with E-state index < -0.39 is 24.5 Å². The topological polar surface area (TPSA) is 134 Å². The van der Waals surface area contributed by atoms with Crippen LogP contribution in [0.15, 0.2) is 55.4 Å². The molecular weight excluding hydrogens is 340 g/mol. The molecule has 1 atom stereocenters. The van der Waals surface area contributed by atoms with Gasteiger partial charge in [0.2, 0.25) is 0 Å². The molecule has 0 aliphatic carbocycles. The lowest BCUT2D eigenvalue weighted by molar-refractivity contribution is -0.119. The molecule has 2 aromatic heterocycles. The number of rotatable bonds is 6. The molecule has 0 radical (unpaired) electrons. The SMILES string of the molecule is O=C(NC(CO)C(=O)Nn1cnnc1)c1cc(-n2cccc2)ccc1O. The molecule has 0 spiro atoms. The predicted octanol–water partition coefficient (Wildman–Crippen LogP) is -0.365. The summed E-state index contributed by atoms with van der Waals surface area (Å²) in [5.74, 6) is -1.61. The van der Waals surface area contributed by atoms with E-state index in [4.69, 9.17) is 0 Å². The van der Waals surface area contributed by atoms with E-state index in [-0.39, 0.29) is 11.3 Å². The molecule has 1 unspecified atom stereocenters. The van der Waals surface area contributed by atoms with Crippen LogP contribution in [0.4, 0.5) is 0 Å². The third-order valence-electron chi connectivity index (χ3n) is 3.59. The van der Waals surface area contributed by atoms with Crippen molar-refractivity contribution in [2.75, 3.05) is 12.0 Å². The summed E-state index contributed by atoms with van der Waals surface area (Å²) >= 11 is 0. The minimum atomic E-state index is -1.22. The summed E-state index contributed by atoms with van der Waals surface area (Å²) in [6, 6.07) is 6.94. The minimum absolute atomic E-state index is 0.0215. The van der Waals surface area contributed by atoms with E-state index in [1.807, 2.05) is 12.1 Å². The first kappa shape index (κ1) is 17.2. The number of benzene rings is 1. The van der Waals surface area contributed by atoms with Gasteiger partial charge in [0.25, 0.3) is 11.8 Å². The monoisotopic (exact) mass is 356 g/mol. The first-order valence-corrected chi connectivity index (χ1v) is 7.62. The molecule has 0 fully saturated rings. The van der Waals surface area contributed by atoms with Crippen LogP contribution >= 0.6 is 0 Å². The Kier molecular flexibility index (Phi) is 4.94. The molecule has 0 aliphatic heterocycles. The van der Waals surface area contributed by atoms with Gasteiger partial charge in [0.05, 0.1) is 12.2 Å². The number of nitrogens with zero attached hydrogens (tertiary/aromatic N) is 4. The maximum absolute atomic E-state index is 12.5. The molecule has 26 heavy (non-hydrogen) atoms. The number of phenolic OH excluding ortho intramolecular Hbond substituents is 1. The number of amides is 2. The Balaban J connectivity index is 1.75. The van der Waals surface area contributed by atoms with Crippen molar-refractivity contribution >= 4 is 11.8 Å². The number of aliphatic hydroxyl groups excluding tert-OH is 1. The summed E-state index contributed by atoms with van der Waals surface area (Å²) in [5.41, 5.74) is 3.03. The minimum Gasteiger partial charge on any atom is -0.507 e. The summed E-state index contributed by atoms with van der Waals surface area (Å²) in [5, 5.41) is 28.8. The number of hydrogen-bond donors (Lipinski definition) is 4. The van der Waals surface area contributed by atoms with Gasteiger partial charge in [-0.1, -0.05) is 0 Å². The fourth-order valence-corrected chi connectivity index (χ4v) is 2.27. The lowest BCUT2D eigenvalue weighted by Gasteiger charge is -2.17.